The lowest BCUT2D eigenvalue weighted by Gasteiger charge is -2.35. The minimum Gasteiger partial charge on any atom is -0.497 e. The van der Waals surface area contributed by atoms with Gasteiger partial charge in [0.1, 0.15) is 11.5 Å². The van der Waals surface area contributed by atoms with E-state index in [0.29, 0.717) is 12.6 Å². The Labute approximate surface area is 169 Å². The summed E-state index contributed by atoms with van der Waals surface area (Å²) in [5.41, 5.74) is 1.14. The molecule has 1 amide bonds. The van der Waals surface area contributed by atoms with Crippen LogP contribution in [0.5, 0.6) is 11.5 Å². The molecule has 6 nitrogen and oxygen atoms in total. The molecule has 156 valence electrons. The number of hydrogen-bond donors (Lipinski definition) is 1. The molecule has 1 aliphatic carbocycles. The van der Waals surface area contributed by atoms with Crippen molar-refractivity contribution in [2.45, 2.75) is 45.2 Å². The second kappa shape index (κ2) is 10.1. The van der Waals surface area contributed by atoms with Gasteiger partial charge in [-0.1, -0.05) is 6.92 Å². The smallest absolute Gasteiger partial charge is 0.234 e. The molecule has 1 N–H and O–H groups in total. The highest BCUT2D eigenvalue weighted by Gasteiger charge is 2.23. The Balaban J connectivity index is 1.42. The number of ether oxygens (including phenoxy) is 2. The van der Waals surface area contributed by atoms with Gasteiger partial charge in [0.25, 0.3) is 0 Å². The van der Waals surface area contributed by atoms with E-state index in [-0.39, 0.29) is 5.91 Å². The van der Waals surface area contributed by atoms with Crippen LogP contribution in [-0.4, -0.2) is 68.7 Å². The van der Waals surface area contributed by atoms with E-state index in [2.05, 4.69) is 22.0 Å². The van der Waals surface area contributed by atoms with Crippen molar-refractivity contribution < 1.29 is 14.3 Å². The number of rotatable bonds is 7. The largest absolute Gasteiger partial charge is 0.497 e. The Morgan fingerprint density at radius 1 is 1.04 bits per heavy atom. The van der Waals surface area contributed by atoms with Crippen molar-refractivity contribution in [2.24, 2.45) is 5.92 Å². The Morgan fingerprint density at radius 3 is 2.36 bits per heavy atom. The van der Waals surface area contributed by atoms with Crippen molar-refractivity contribution in [3.05, 3.63) is 23.8 Å². The first-order chi connectivity index (χ1) is 13.6. The molecule has 6 heteroatoms. The summed E-state index contributed by atoms with van der Waals surface area (Å²) >= 11 is 0. The molecule has 1 aromatic carbocycles. The third-order valence-corrected chi connectivity index (χ3v) is 6.09. The van der Waals surface area contributed by atoms with E-state index < -0.39 is 0 Å². The topological polar surface area (TPSA) is 54.0 Å². The van der Waals surface area contributed by atoms with Crippen LogP contribution < -0.4 is 14.8 Å². The van der Waals surface area contributed by atoms with Crippen LogP contribution in [0.3, 0.4) is 0 Å². The van der Waals surface area contributed by atoms with Gasteiger partial charge in [0.2, 0.25) is 5.91 Å². The third-order valence-electron chi connectivity index (χ3n) is 6.09. The van der Waals surface area contributed by atoms with Crippen molar-refractivity contribution >= 4 is 5.91 Å². The predicted octanol–water partition coefficient (Wildman–Crippen LogP) is 2.52. The summed E-state index contributed by atoms with van der Waals surface area (Å²) in [6.45, 7) is 7.40. The van der Waals surface area contributed by atoms with Crippen molar-refractivity contribution in [1.82, 2.24) is 15.1 Å². The molecule has 1 heterocycles. The number of carbonyl (C=O) groups excluding carboxylic acids is 1. The second-order valence-corrected chi connectivity index (χ2v) is 8.25. The van der Waals surface area contributed by atoms with Crippen LogP contribution in [0, 0.1) is 5.92 Å². The number of methoxy groups -OCH3 is 2. The Hall–Kier alpha value is -1.79. The standard InChI is InChI=1S/C22H35N3O3/c1-17-4-6-19(7-5-17)23-22(26)16-25-12-10-24(11-13-25)15-18-14-20(27-2)8-9-21(18)28-3/h8-9,14,17,19H,4-7,10-13,15-16H2,1-3H3,(H,23,26). The van der Waals surface area contributed by atoms with Crippen LogP contribution in [0.4, 0.5) is 0 Å². The number of nitrogens with one attached hydrogen (secondary N) is 1. The van der Waals surface area contributed by atoms with Gasteiger partial charge in [-0.3, -0.25) is 14.6 Å². The van der Waals surface area contributed by atoms with Crippen LogP contribution >= 0.6 is 0 Å². The molecule has 0 atom stereocenters. The summed E-state index contributed by atoms with van der Waals surface area (Å²) in [5.74, 6) is 2.74. The van der Waals surface area contributed by atoms with Crippen LogP contribution in [0.25, 0.3) is 0 Å². The van der Waals surface area contributed by atoms with Gasteiger partial charge in [-0.25, -0.2) is 0 Å². The van der Waals surface area contributed by atoms with E-state index in [1.54, 1.807) is 14.2 Å². The third kappa shape index (κ3) is 5.85. The van der Waals surface area contributed by atoms with E-state index >= 15 is 0 Å². The fourth-order valence-corrected chi connectivity index (χ4v) is 4.23. The van der Waals surface area contributed by atoms with Crippen LogP contribution in [0.2, 0.25) is 0 Å². The van der Waals surface area contributed by atoms with Gasteiger partial charge in [0, 0.05) is 44.3 Å². The quantitative estimate of drug-likeness (QED) is 0.777. The first-order valence-corrected chi connectivity index (χ1v) is 10.5. The molecule has 0 radical (unpaired) electrons. The Kier molecular flexibility index (Phi) is 7.57. The molecule has 0 unspecified atom stereocenters. The molecule has 0 bridgehead atoms. The number of carbonyl (C=O) groups is 1. The fourth-order valence-electron chi connectivity index (χ4n) is 4.23. The molecule has 0 spiro atoms. The lowest BCUT2D eigenvalue weighted by molar-refractivity contribution is -0.123. The minimum atomic E-state index is 0.183. The molecular weight excluding hydrogens is 354 g/mol. The minimum absolute atomic E-state index is 0.183. The molecule has 0 aromatic heterocycles. The lowest BCUT2D eigenvalue weighted by Crippen LogP contribution is -2.50. The summed E-state index contributed by atoms with van der Waals surface area (Å²) in [5, 5.41) is 3.24. The summed E-state index contributed by atoms with van der Waals surface area (Å²) in [4.78, 5) is 17.1. The van der Waals surface area contributed by atoms with Crippen LogP contribution in [-0.2, 0) is 11.3 Å². The highest BCUT2D eigenvalue weighted by atomic mass is 16.5. The maximum Gasteiger partial charge on any atom is 0.234 e. The Bertz CT molecular complexity index is 636. The van der Waals surface area contributed by atoms with Gasteiger partial charge >= 0.3 is 0 Å². The highest BCUT2D eigenvalue weighted by molar-refractivity contribution is 5.78. The predicted molar refractivity (Wildman–Crippen MR) is 111 cm³/mol. The maximum absolute atomic E-state index is 12.4. The van der Waals surface area contributed by atoms with Crippen molar-refractivity contribution in [1.29, 1.82) is 0 Å². The van der Waals surface area contributed by atoms with E-state index in [1.807, 2.05) is 18.2 Å². The van der Waals surface area contributed by atoms with Gasteiger partial charge in [-0.2, -0.15) is 0 Å². The van der Waals surface area contributed by atoms with Crippen LogP contribution in [0.15, 0.2) is 18.2 Å². The van der Waals surface area contributed by atoms with Crippen molar-refractivity contribution in [3.63, 3.8) is 0 Å². The van der Waals surface area contributed by atoms with E-state index in [1.165, 1.54) is 12.8 Å². The van der Waals surface area contributed by atoms with E-state index in [4.69, 9.17) is 9.47 Å². The average Bonchev–Trinajstić information content (AvgIpc) is 2.71. The number of hydrogen-bond acceptors (Lipinski definition) is 5. The SMILES string of the molecule is COc1ccc(OC)c(CN2CCN(CC(=O)NC3CCC(C)CC3)CC2)c1. The zero-order valence-corrected chi connectivity index (χ0v) is 17.6. The number of nitrogens with zero attached hydrogens (tertiary/aromatic N) is 2. The summed E-state index contributed by atoms with van der Waals surface area (Å²) in [6.07, 6.45) is 4.72. The van der Waals surface area contributed by atoms with Gasteiger partial charge in [-0.05, 0) is 49.8 Å². The number of amides is 1. The first kappa shape index (κ1) is 20.9. The summed E-state index contributed by atoms with van der Waals surface area (Å²) in [6, 6.07) is 6.31. The second-order valence-electron chi connectivity index (χ2n) is 8.25. The van der Waals surface area contributed by atoms with Crippen molar-refractivity contribution in [2.75, 3.05) is 46.9 Å². The summed E-state index contributed by atoms with van der Waals surface area (Å²) < 4.78 is 10.8. The molecule has 1 saturated heterocycles. The fraction of sp³-hybridized carbons (Fsp3) is 0.682. The first-order valence-electron chi connectivity index (χ1n) is 10.5. The van der Waals surface area contributed by atoms with E-state index in [0.717, 1.165) is 68.5 Å². The summed E-state index contributed by atoms with van der Waals surface area (Å²) in [7, 11) is 3.39. The number of piperazine rings is 1. The molecule has 3 rings (SSSR count). The van der Waals surface area contributed by atoms with Gasteiger partial charge < -0.3 is 14.8 Å². The van der Waals surface area contributed by atoms with Gasteiger partial charge in [-0.15, -0.1) is 0 Å². The maximum atomic E-state index is 12.4. The Morgan fingerprint density at radius 2 is 1.71 bits per heavy atom. The highest BCUT2D eigenvalue weighted by Crippen LogP contribution is 2.26. The monoisotopic (exact) mass is 389 g/mol. The normalized spacial score (nSPS) is 24.0. The van der Waals surface area contributed by atoms with Crippen LogP contribution in [0.1, 0.15) is 38.2 Å². The zero-order valence-electron chi connectivity index (χ0n) is 17.6. The molecule has 1 aromatic rings. The molecule has 2 fully saturated rings. The molecule has 1 saturated carbocycles. The molecule has 1 aliphatic heterocycles. The van der Waals surface area contributed by atoms with Gasteiger partial charge in [0.05, 0.1) is 20.8 Å². The zero-order chi connectivity index (χ0) is 19.9. The molecule has 28 heavy (non-hydrogen) atoms. The number of benzene rings is 1. The lowest BCUT2D eigenvalue weighted by atomic mass is 9.87. The molecule has 2 aliphatic rings. The van der Waals surface area contributed by atoms with Crippen molar-refractivity contribution in [3.8, 4) is 11.5 Å². The average molecular weight is 390 g/mol. The van der Waals surface area contributed by atoms with E-state index in [9.17, 15) is 4.79 Å². The van der Waals surface area contributed by atoms with Gasteiger partial charge in [0.15, 0.2) is 0 Å². The molecular formula is C22H35N3O3.